The van der Waals surface area contributed by atoms with Crippen LogP contribution in [0.1, 0.15) is 11.3 Å². The van der Waals surface area contributed by atoms with Crippen LogP contribution in [0.2, 0.25) is 0 Å². The van der Waals surface area contributed by atoms with Gasteiger partial charge in [0.2, 0.25) is 0 Å². The van der Waals surface area contributed by atoms with Crippen LogP contribution in [0.5, 0.6) is 0 Å². The molecule has 1 aromatic heterocycles. The number of nitrogens with zero attached hydrogens (tertiary/aromatic N) is 1. The van der Waals surface area contributed by atoms with Crippen molar-refractivity contribution < 1.29 is 13.2 Å². The first-order valence-electron chi connectivity index (χ1n) is 4.76. The zero-order valence-corrected chi connectivity index (χ0v) is 9.66. The fourth-order valence-electron chi connectivity index (χ4n) is 1.25. The van der Waals surface area contributed by atoms with Crippen LogP contribution in [0, 0.1) is 5.41 Å². The molecule has 0 unspecified atom stereocenters. The molecule has 1 N–H and O–H groups in total. The average Bonchev–Trinajstić information content (AvgIpc) is 2.63. The first kappa shape index (κ1) is 13.0. The van der Waals surface area contributed by atoms with E-state index in [1.165, 1.54) is 7.05 Å². The van der Waals surface area contributed by atoms with E-state index in [0.717, 1.165) is 9.78 Å². The van der Waals surface area contributed by atoms with Crippen LogP contribution in [0.25, 0.3) is 0 Å². The second-order valence-corrected chi connectivity index (χ2v) is 4.53. The second-order valence-electron chi connectivity index (χ2n) is 3.50. The van der Waals surface area contributed by atoms with Crippen LogP contribution >= 0.6 is 11.3 Å². The van der Waals surface area contributed by atoms with Crippen molar-refractivity contribution in [3.63, 3.8) is 0 Å². The molecular formula is C10H13F3N2S. The molecule has 6 heteroatoms. The third-order valence-corrected chi connectivity index (χ3v) is 3.00. The number of amidine groups is 1. The highest BCUT2D eigenvalue weighted by molar-refractivity contribution is 7.09. The molecule has 0 amide bonds. The predicted molar refractivity (Wildman–Crippen MR) is 59.1 cm³/mol. The van der Waals surface area contributed by atoms with Gasteiger partial charge in [0, 0.05) is 18.3 Å². The van der Waals surface area contributed by atoms with E-state index in [1.54, 1.807) is 11.3 Å². The largest absolute Gasteiger partial charge is 0.405 e. The van der Waals surface area contributed by atoms with Gasteiger partial charge in [-0.2, -0.15) is 13.2 Å². The third-order valence-electron chi connectivity index (χ3n) is 2.07. The molecule has 1 rings (SSSR count). The molecule has 16 heavy (non-hydrogen) atoms. The summed E-state index contributed by atoms with van der Waals surface area (Å²) in [6.07, 6.45) is -3.28. The van der Waals surface area contributed by atoms with E-state index >= 15 is 0 Å². The van der Waals surface area contributed by atoms with E-state index in [0.29, 0.717) is 12.8 Å². The Morgan fingerprint density at radius 2 is 2.19 bits per heavy atom. The molecule has 0 fully saturated rings. The number of aryl methyl sites for hydroxylation is 1. The molecule has 0 spiro atoms. The van der Waals surface area contributed by atoms with Crippen LogP contribution in [0.3, 0.4) is 0 Å². The Hall–Kier alpha value is -1.04. The van der Waals surface area contributed by atoms with Gasteiger partial charge in [0.25, 0.3) is 0 Å². The molecule has 2 nitrogen and oxygen atoms in total. The number of halogens is 3. The lowest BCUT2D eigenvalue weighted by Gasteiger charge is -2.21. The zero-order valence-electron chi connectivity index (χ0n) is 8.84. The Morgan fingerprint density at radius 1 is 1.50 bits per heavy atom. The molecule has 1 aromatic rings. The Balaban J connectivity index is 2.35. The number of alkyl halides is 3. The smallest absolute Gasteiger partial charge is 0.355 e. The highest BCUT2D eigenvalue weighted by atomic mass is 32.1. The average molecular weight is 250 g/mol. The Morgan fingerprint density at radius 3 is 2.69 bits per heavy atom. The van der Waals surface area contributed by atoms with Gasteiger partial charge in [-0.05, 0) is 17.9 Å². The maximum Gasteiger partial charge on any atom is 0.405 e. The quantitative estimate of drug-likeness (QED) is 0.645. The monoisotopic (exact) mass is 250 g/mol. The van der Waals surface area contributed by atoms with Crippen molar-refractivity contribution in [1.82, 2.24) is 4.90 Å². The molecule has 0 saturated carbocycles. The minimum Gasteiger partial charge on any atom is -0.355 e. The first-order valence-corrected chi connectivity index (χ1v) is 5.64. The molecular weight excluding hydrogens is 237 g/mol. The van der Waals surface area contributed by atoms with Crippen LogP contribution < -0.4 is 0 Å². The molecule has 0 atom stereocenters. The molecule has 90 valence electrons. The van der Waals surface area contributed by atoms with Gasteiger partial charge in [-0.3, -0.25) is 5.41 Å². The highest BCUT2D eigenvalue weighted by Crippen LogP contribution is 2.17. The molecule has 0 radical (unpaired) electrons. The van der Waals surface area contributed by atoms with Crippen molar-refractivity contribution in [3.8, 4) is 0 Å². The van der Waals surface area contributed by atoms with Gasteiger partial charge >= 0.3 is 6.18 Å². The zero-order chi connectivity index (χ0) is 12.2. The van der Waals surface area contributed by atoms with Crippen LogP contribution in [0.15, 0.2) is 17.5 Å². The summed E-state index contributed by atoms with van der Waals surface area (Å²) >= 11 is 1.55. The van der Waals surface area contributed by atoms with Crippen molar-refractivity contribution >= 4 is 17.2 Å². The summed E-state index contributed by atoms with van der Waals surface area (Å²) in [5.74, 6) is 0.0192. The maximum atomic E-state index is 12.0. The molecule has 0 aliphatic heterocycles. The van der Waals surface area contributed by atoms with Crippen LogP contribution in [-0.2, 0) is 6.42 Å². The summed E-state index contributed by atoms with van der Waals surface area (Å²) in [7, 11) is 1.30. The van der Waals surface area contributed by atoms with Gasteiger partial charge in [0.15, 0.2) is 0 Å². The Bertz CT molecular complexity index is 332. The van der Waals surface area contributed by atoms with Gasteiger partial charge in [-0.15, -0.1) is 11.3 Å². The molecule has 0 bridgehead atoms. The Kier molecular flexibility index (Phi) is 4.35. The minimum atomic E-state index is -4.25. The van der Waals surface area contributed by atoms with E-state index in [2.05, 4.69) is 0 Å². The Labute approximate surface area is 96.2 Å². The lowest BCUT2D eigenvalue weighted by atomic mass is 10.2. The number of hydrogen-bond acceptors (Lipinski definition) is 2. The van der Waals surface area contributed by atoms with Crippen LogP contribution in [0.4, 0.5) is 13.2 Å². The summed E-state index contributed by atoms with van der Waals surface area (Å²) in [5.41, 5.74) is 0. The van der Waals surface area contributed by atoms with Gasteiger partial charge in [-0.25, -0.2) is 0 Å². The van der Waals surface area contributed by atoms with Gasteiger partial charge in [0.05, 0.1) is 5.84 Å². The lowest BCUT2D eigenvalue weighted by molar-refractivity contribution is -0.136. The summed E-state index contributed by atoms with van der Waals surface area (Å²) in [5, 5.41) is 9.42. The SMILES string of the molecule is CN(CC(F)(F)F)C(=N)CCc1cccs1. The fourth-order valence-corrected chi connectivity index (χ4v) is 1.96. The van der Waals surface area contributed by atoms with E-state index in [-0.39, 0.29) is 5.84 Å². The topological polar surface area (TPSA) is 27.1 Å². The highest BCUT2D eigenvalue weighted by Gasteiger charge is 2.29. The first-order chi connectivity index (χ1) is 7.38. The van der Waals surface area contributed by atoms with Crippen molar-refractivity contribution in [2.24, 2.45) is 0 Å². The molecule has 1 heterocycles. The number of thiophene rings is 1. The molecule has 0 saturated heterocycles. The van der Waals surface area contributed by atoms with E-state index < -0.39 is 12.7 Å². The number of nitrogens with one attached hydrogen (secondary N) is 1. The van der Waals surface area contributed by atoms with Gasteiger partial charge in [-0.1, -0.05) is 6.07 Å². The minimum absolute atomic E-state index is 0.0192. The van der Waals surface area contributed by atoms with Crippen molar-refractivity contribution in [3.05, 3.63) is 22.4 Å². The van der Waals surface area contributed by atoms with Crippen molar-refractivity contribution in [2.75, 3.05) is 13.6 Å². The second kappa shape index (κ2) is 5.34. The van der Waals surface area contributed by atoms with Gasteiger partial charge in [0.1, 0.15) is 6.54 Å². The van der Waals surface area contributed by atoms with Gasteiger partial charge < -0.3 is 4.90 Å². The van der Waals surface area contributed by atoms with Crippen molar-refractivity contribution in [1.29, 1.82) is 5.41 Å². The summed E-state index contributed by atoms with van der Waals surface area (Å²) in [4.78, 5) is 2.03. The van der Waals surface area contributed by atoms with E-state index in [1.807, 2.05) is 17.5 Å². The van der Waals surface area contributed by atoms with Crippen LogP contribution in [-0.4, -0.2) is 30.5 Å². The fraction of sp³-hybridized carbons (Fsp3) is 0.500. The third kappa shape index (κ3) is 4.65. The molecule has 0 aromatic carbocycles. The standard InChI is InChI=1S/C10H13F3N2S/c1-15(7-10(11,12)13)9(14)5-4-8-3-2-6-16-8/h2-3,6,14H,4-5,7H2,1H3. The summed E-state index contributed by atoms with van der Waals surface area (Å²) in [6.45, 7) is -1.06. The number of hydrogen-bond donors (Lipinski definition) is 1. The predicted octanol–water partition coefficient (Wildman–Crippen LogP) is 3.15. The summed E-state index contributed by atoms with van der Waals surface area (Å²) in [6, 6.07) is 3.81. The molecule has 0 aliphatic carbocycles. The maximum absolute atomic E-state index is 12.0. The van der Waals surface area contributed by atoms with E-state index in [9.17, 15) is 13.2 Å². The normalized spacial score (nSPS) is 11.5. The van der Waals surface area contributed by atoms with E-state index in [4.69, 9.17) is 5.41 Å². The molecule has 0 aliphatic rings. The van der Waals surface area contributed by atoms with Crippen molar-refractivity contribution in [2.45, 2.75) is 19.0 Å². The number of rotatable bonds is 4. The lowest BCUT2D eigenvalue weighted by Crippen LogP contribution is -2.35. The summed E-state index contributed by atoms with van der Waals surface area (Å²) < 4.78 is 36.1.